The summed E-state index contributed by atoms with van der Waals surface area (Å²) in [5.41, 5.74) is 1.80. The molecule has 0 amide bonds. The topological polar surface area (TPSA) is 72.4 Å². The number of hydrogen-bond acceptors (Lipinski definition) is 7. The van der Waals surface area contributed by atoms with E-state index in [9.17, 15) is 0 Å². The molecule has 0 saturated heterocycles. The minimum atomic E-state index is 0.461. The van der Waals surface area contributed by atoms with Crippen molar-refractivity contribution in [2.24, 2.45) is 0 Å². The van der Waals surface area contributed by atoms with Crippen LogP contribution in [0, 0.1) is 6.92 Å². The summed E-state index contributed by atoms with van der Waals surface area (Å²) in [7, 11) is 3.23. The second-order valence-electron chi connectivity index (χ2n) is 6.18. The molecular weight excluding hydrogens is 354 g/mol. The predicted octanol–water partition coefficient (Wildman–Crippen LogP) is 4.49. The molecule has 0 spiro atoms. The number of methoxy groups -OCH3 is 2. The van der Waals surface area contributed by atoms with Crippen LogP contribution in [0.4, 0.5) is 23.3 Å². The summed E-state index contributed by atoms with van der Waals surface area (Å²) in [6.45, 7) is 4.79. The highest BCUT2D eigenvalue weighted by molar-refractivity contribution is 5.65. The van der Waals surface area contributed by atoms with Gasteiger partial charge in [-0.05, 0) is 37.6 Å². The van der Waals surface area contributed by atoms with Gasteiger partial charge in [-0.1, -0.05) is 25.1 Å². The van der Waals surface area contributed by atoms with E-state index in [1.165, 1.54) is 0 Å². The lowest BCUT2D eigenvalue weighted by molar-refractivity contribution is 0.395. The molecule has 2 aromatic carbocycles. The third kappa shape index (κ3) is 4.49. The molecule has 0 aliphatic rings. The fourth-order valence-electron chi connectivity index (χ4n) is 2.84. The Morgan fingerprint density at radius 3 is 2.43 bits per heavy atom. The molecule has 146 valence electrons. The van der Waals surface area contributed by atoms with Crippen LogP contribution in [-0.4, -0.2) is 35.7 Å². The lowest BCUT2D eigenvalue weighted by Gasteiger charge is -2.23. The molecule has 7 heteroatoms. The summed E-state index contributed by atoms with van der Waals surface area (Å²) in [6.07, 6.45) is 0.967. The summed E-state index contributed by atoms with van der Waals surface area (Å²) < 4.78 is 10.7. The normalized spacial score (nSPS) is 10.4. The largest absolute Gasteiger partial charge is 0.497 e. The zero-order valence-corrected chi connectivity index (χ0v) is 16.6. The maximum Gasteiger partial charge on any atom is 0.234 e. The van der Waals surface area contributed by atoms with Gasteiger partial charge in [0, 0.05) is 18.3 Å². The Balaban J connectivity index is 1.95. The number of nitrogens with zero attached hydrogens (tertiary/aromatic N) is 4. The highest BCUT2D eigenvalue weighted by Gasteiger charge is 2.15. The van der Waals surface area contributed by atoms with Crippen LogP contribution < -0.4 is 19.7 Å². The summed E-state index contributed by atoms with van der Waals surface area (Å²) in [5, 5.41) is 3.23. The lowest BCUT2D eigenvalue weighted by Crippen LogP contribution is -2.21. The monoisotopic (exact) mass is 379 g/mol. The molecule has 0 saturated carbocycles. The number of aromatic nitrogens is 3. The van der Waals surface area contributed by atoms with Gasteiger partial charge in [-0.15, -0.1) is 0 Å². The number of nitrogens with one attached hydrogen (secondary N) is 1. The van der Waals surface area contributed by atoms with Crippen molar-refractivity contribution in [3.63, 3.8) is 0 Å². The molecule has 28 heavy (non-hydrogen) atoms. The van der Waals surface area contributed by atoms with Gasteiger partial charge in [0.2, 0.25) is 11.9 Å². The van der Waals surface area contributed by atoms with Crippen LogP contribution in [0.5, 0.6) is 11.5 Å². The van der Waals surface area contributed by atoms with Crippen molar-refractivity contribution in [3.8, 4) is 11.5 Å². The maximum absolute atomic E-state index is 5.45. The van der Waals surface area contributed by atoms with Gasteiger partial charge in [0.15, 0.2) is 0 Å². The zero-order chi connectivity index (χ0) is 19.9. The minimum Gasteiger partial charge on any atom is -0.497 e. The average Bonchev–Trinajstić information content (AvgIpc) is 2.72. The third-order valence-electron chi connectivity index (χ3n) is 4.15. The Bertz CT molecular complexity index is 918. The maximum atomic E-state index is 5.45. The highest BCUT2D eigenvalue weighted by atomic mass is 16.5. The molecule has 0 unspecified atom stereocenters. The molecule has 0 radical (unpaired) electrons. The molecule has 3 rings (SSSR count). The van der Waals surface area contributed by atoms with Crippen molar-refractivity contribution in [2.75, 3.05) is 31.0 Å². The van der Waals surface area contributed by atoms with Gasteiger partial charge in [0.1, 0.15) is 17.3 Å². The van der Waals surface area contributed by atoms with Gasteiger partial charge in [-0.25, -0.2) is 0 Å². The number of benzene rings is 2. The lowest BCUT2D eigenvalue weighted by atomic mass is 10.2. The SMILES string of the molecule is CCCN(c1ccccc1)c1nc(C)nc(Nc2ccc(OC)cc2OC)n1. The molecule has 0 aliphatic carbocycles. The van der Waals surface area contributed by atoms with Gasteiger partial charge < -0.3 is 19.7 Å². The first-order valence-electron chi connectivity index (χ1n) is 9.19. The van der Waals surface area contributed by atoms with Crippen LogP contribution in [0.2, 0.25) is 0 Å². The van der Waals surface area contributed by atoms with Crippen molar-refractivity contribution in [1.82, 2.24) is 15.0 Å². The van der Waals surface area contributed by atoms with Crippen molar-refractivity contribution in [1.29, 1.82) is 0 Å². The molecule has 0 bridgehead atoms. The molecule has 1 N–H and O–H groups in total. The van der Waals surface area contributed by atoms with Gasteiger partial charge >= 0.3 is 0 Å². The molecular formula is C21H25N5O2. The number of rotatable bonds is 8. The average molecular weight is 379 g/mol. The van der Waals surface area contributed by atoms with Crippen molar-refractivity contribution in [2.45, 2.75) is 20.3 Å². The van der Waals surface area contributed by atoms with Crippen LogP contribution in [0.15, 0.2) is 48.5 Å². The first-order chi connectivity index (χ1) is 13.6. The van der Waals surface area contributed by atoms with E-state index < -0.39 is 0 Å². The fourth-order valence-corrected chi connectivity index (χ4v) is 2.84. The Kier molecular flexibility index (Phi) is 6.26. The summed E-state index contributed by atoms with van der Waals surface area (Å²) in [5.74, 6) is 3.07. The molecule has 1 aromatic heterocycles. The minimum absolute atomic E-state index is 0.461. The van der Waals surface area contributed by atoms with E-state index in [-0.39, 0.29) is 0 Å². The number of ether oxygens (including phenoxy) is 2. The van der Waals surface area contributed by atoms with Crippen LogP contribution in [0.25, 0.3) is 0 Å². The molecule has 3 aromatic rings. The van der Waals surface area contributed by atoms with Gasteiger partial charge in [-0.3, -0.25) is 0 Å². The Hall–Kier alpha value is -3.35. The fraction of sp³-hybridized carbons (Fsp3) is 0.286. The molecule has 0 aliphatic heterocycles. The third-order valence-corrected chi connectivity index (χ3v) is 4.15. The smallest absolute Gasteiger partial charge is 0.234 e. The van der Waals surface area contributed by atoms with Crippen molar-refractivity contribution < 1.29 is 9.47 Å². The van der Waals surface area contributed by atoms with E-state index >= 15 is 0 Å². The Labute approximate surface area is 165 Å². The predicted molar refractivity (Wildman–Crippen MR) is 111 cm³/mol. The van der Waals surface area contributed by atoms with Crippen LogP contribution in [0.1, 0.15) is 19.2 Å². The molecule has 1 heterocycles. The first kappa shape index (κ1) is 19.4. The number of hydrogen-bond donors (Lipinski definition) is 1. The molecule has 7 nitrogen and oxygen atoms in total. The number of anilines is 4. The van der Waals surface area contributed by atoms with Crippen molar-refractivity contribution in [3.05, 3.63) is 54.4 Å². The summed E-state index contributed by atoms with van der Waals surface area (Å²) in [6, 6.07) is 15.6. The quantitative estimate of drug-likeness (QED) is 0.618. The van der Waals surface area contributed by atoms with Gasteiger partial charge in [-0.2, -0.15) is 15.0 Å². The number of para-hydroxylation sites is 1. The highest BCUT2D eigenvalue weighted by Crippen LogP contribution is 2.31. The van der Waals surface area contributed by atoms with Crippen LogP contribution in [0.3, 0.4) is 0 Å². The van der Waals surface area contributed by atoms with Gasteiger partial charge in [0.25, 0.3) is 0 Å². The Morgan fingerprint density at radius 1 is 0.964 bits per heavy atom. The second kappa shape index (κ2) is 9.03. The summed E-state index contributed by atoms with van der Waals surface area (Å²) in [4.78, 5) is 15.7. The summed E-state index contributed by atoms with van der Waals surface area (Å²) >= 11 is 0. The molecule has 0 fully saturated rings. The van der Waals surface area contributed by atoms with E-state index in [2.05, 4.69) is 32.1 Å². The van der Waals surface area contributed by atoms with E-state index in [4.69, 9.17) is 9.47 Å². The van der Waals surface area contributed by atoms with E-state index in [0.29, 0.717) is 29.2 Å². The second-order valence-corrected chi connectivity index (χ2v) is 6.18. The van der Waals surface area contributed by atoms with Crippen molar-refractivity contribution >= 4 is 23.3 Å². The first-order valence-corrected chi connectivity index (χ1v) is 9.19. The van der Waals surface area contributed by atoms with Gasteiger partial charge in [0.05, 0.1) is 19.9 Å². The van der Waals surface area contributed by atoms with Crippen LogP contribution in [-0.2, 0) is 0 Å². The van der Waals surface area contributed by atoms with E-state index in [0.717, 1.165) is 24.3 Å². The Morgan fingerprint density at radius 2 is 1.75 bits per heavy atom. The van der Waals surface area contributed by atoms with E-state index in [1.807, 2.05) is 55.5 Å². The van der Waals surface area contributed by atoms with E-state index in [1.54, 1.807) is 14.2 Å². The van der Waals surface area contributed by atoms with Crippen LogP contribution >= 0.6 is 0 Å². The standard InChI is InChI=1S/C21H25N5O2/c1-5-13-26(16-9-7-6-8-10-16)21-23-15(2)22-20(25-21)24-18-12-11-17(27-3)14-19(18)28-4/h6-12,14H,5,13H2,1-4H3,(H,22,23,24,25). The molecule has 0 atom stereocenters. The zero-order valence-electron chi connectivity index (χ0n) is 16.6. The number of aryl methyl sites for hydroxylation is 1.